The third-order valence-electron chi connectivity index (χ3n) is 4.39. The summed E-state index contributed by atoms with van der Waals surface area (Å²) < 4.78 is 0. The summed E-state index contributed by atoms with van der Waals surface area (Å²) in [5, 5.41) is 1.96. The maximum absolute atomic E-state index is 12.9. The fourth-order valence-electron chi connectivity index (χ4n) is 3.17. The second-order valence-electron chi connectivity index (χ2n) is 5.90. The number of fused-ring (bicyclic) bond motifs is 1. The lowest BCUT2D eigenvalue weighted by molar-refractivity contribution is 0.0570. The van der Waals surface area contributed by atoms with Gasteiger partial charge in [0.15, 0.2) is 0 Å². The van der Waals surface area contributed by atoms with Gasteiger partial charge in [0.1, 0.15) is 5.69 Å². The lowest BCUT2D eigenvalue weighted by atomic mass is 9.92. The van der Waals surface area contributed by atoms with Crippen LogP contribution < -0.4 is 5.73 Å². The Bertz CT molecular complexity index is 650. The lowest BCUT2D eigenvalue weighted by Crippen LogP contribution is -2.49. The Balaban J connectivity index is 1.96. The van der Waals surface area contributed by atoms with Crippen molar-refractivity contribution in [2.24, 2.45) is 11.7 Å². The third-order valence-corrected chi connectivity index (χ3v) is 4.39. The van der Waals surface area contributed by atoms with Crippen LogP contribution in [0, 0.1) is 5.92 Å². The van der Waals surface area contributed by atoms with Crippen molar-refractivity contribution in [1.82, 2.24) is 9.88 Å². The van der Waals surface area contributed by atoms with Gasteiger partial charge in [0.2, 0.25) is 0 Å². The van der Waals surface area contributed by atoms with Gasteiger partial charge in [-0.3, -0.25) is 9.78 Å². The fourth-order valence-corrected chi connectivity index (χ4v) is 3.17. The second-order valence-corrected chi connectivity index (χ2v) is 5.90. The molecule has 1 aromatic carbocycles. The van der Waals surface area contributed by atoms with Crippen molar-refractivity contribution in [3.8, 4) is 0 Å². The van der Waals surface area contributed by atoms with Crippen LogP contribution in [0.2, 0.25) is 0 Å². The smallest absolute Gasteiger partial charge is 0.273 e. The first kappa shape index (κ1) is 14.0. The molecule has 0 spiro atoms. The maximum atomic E-state index is 12.9. The molecule has 0 bridgehead atoms. The van der Waals surface area contributed by atoms with Crippen LogP contribution in [0.4, 0.5) is 0 Å². The number of hydrogen-bond acceptors (Lipinski definition) is 3. The van der Waals surface area contributed by atoms with Gasteiger partial charge >= 0.3 is 0 Å². The summed E-state index contributed by atoms with van der Waals surface area (Å²) >= 11 is 0. The Hall–Kier alpha value is -1.94. The highest BCUT2D eigenvalue weighted by atomic mass is 16.2. The summed E-state index contributed by atoms with van der Waals surface area (Å²) in [6.45, 7) is 3.51. The number of carbonyl (C=O) groups is 1. The minimum absolute atomic E-state index is 0.00847. The molecular formula is C17H21N3O. The van der Waals surface area contributed by atoms with Gasteiger partial charge in [0.05, 0.1) is 0 Å². The molecule has 21 heavy (non-hydrogen) atoms. The molecule has 0 radical (unpaired) electrons. The van der Waals surface area contributed by atoms with Crippen molar-refractivity contribution in [2.45, 2.75) is 25.8 Å². The summed E-state index contributed by atoms with van der Waals surface area (Å²) in [5.74, 6) is 0.636. The lowest BCUT2D eigenvalue weighted by Gasteiger charge is -2.37. The van der Waals surface area contributed by atoms with E-state index in [1.54, 1.807) is 6.20 Å². The van der Waals surface area contributed by atoms with E-state index in [0.717, 1.165) is 30.2 Å². The van der Waals surface area contributed by atoms with Crippen molar-refractivity contribution >= 4 is 16.7 Å². The molecule has 4 heteroatoms. The minimum Gasteiger partial charge on any atom is -0.333 e. The number of piperidine rings is 1. The van der Waals surface area contributed by atoms with Crippen molar-refractivity contribution in [3.05, 3.63) is 42.2 Å². The minimum atomic E-state index is 0.00847. The van der Waals surface area contributed by atoms with Crippen LogP contribution in [0.15, 0.2) is 36.5 Å². The Kier molecular flexibility index (Phi) is 3.88. The quantitative estimate of drug-likeness (QED) is 0.921. The van der Waals surface area contributed by atoms with E-state index in [1.807, 2.05) is 35.2 Å². The van der Waals surface area contributed by atoms with E-state index in [9.17, 15) is 4.79 Å². The van der Waals surface area contributed by atoms with Crippen molar-refractivity contribution in [2.75, 3.05) is 13.1 Å². The van der Waals surface area contributed by atoms with Gasteiger partial charge in [-0.2, -0.15) is 0 Å². The van der Waals surface area contributed by atoms with Crippen LogP contribution in [0.3, 0.4) is 0 Å². The zero-order valence-corrected chi connectivity index (χ0v) is 12.3. The average molecular weight is 283 g/mol. The summed E-state index contributed by atoms with van der Waals surface area (Å²) in [4.78, 5) is 19.1. The number of benzene rings is 1. The van der Waals surface area contributed by atoms with Crippen molar-refractivity contribution in [1.29, 1.82) is 0 Å². The molecule has 4 nitrogen and oxygen atoms in total. The molecule has 2 N–H and O–H groups in total. The first-order valence-electron chi connectivity index (χ1n) is 7.55. The average Bonchev–Trinajstić information content (AvgIpc) is 2.53. The summed E-state index contributed by atoms with van der Waals surface area (Å²) in [5.41, 5.74) is 6.41. The summed E-state index contributed by atoms with van der Waals surface area (Å²) in [6.07, 6.45) is 3.72. The summed E-state index contributed by atoms with van der Waals surface area (Å²) in [6, 6.07) is 9.94. The largest absolute Gasteiger partial charge is 0.333 e. The highest BCUT2D eigenvalue weighted by molar-refractivity contribution is 6.05. The van der Waals surface area contributed by atoms with Crippen LogP contribution in [0.5, 0.6) is 0 Å². The molecule has 2 atom stereocenters. The highest BCUT2D eigenvalue weighted by Crippen LogP contribution is 2.25. The Morgan fingerprint density at radius 2 is 2.19 bits per heavy atom. The Morgan fingerprint density at radius 1 is 1.38 bits per heavy atom. The molecule has 1 fully saturated rings. The molecule has 1 aromatic heterocycles. The van der Waals surface area contributed by atoms with E-state index < -0.39 is 0 Å². The topological polar surface area (TPSA) is 59.2 Å². The normalized spacial score (nSPS) is 22.5. The molecule has 2 heterocycles. The van der Waals surface area contributed by atoms with Crippen LogP contribution in [-0.4, -0.2) is 34.9 Å². The van der Waals surface area contributed by atoms with Crippen LogP contribution in [-0.2, 0) is 0 Å². The monoisotopic (exact) mass is 283 g/mol. The molecule has 1 aliphatic heterocycles. The highest BCUT2D eigenvalue weighted by Gasteiger charge is 2.30. The number of rotatable bonds is 2. The first-order valence-corrected chi connectivity index (χ1v) is 7.55. The molecule has 1 saturated heterocycles. The molecule has 2 aromatic rings. The molecule has 0 aliphatic carbocycles. The molecular weight excluding hydrogens is 262 g/mol. The van der Waals surface area contributed by atoms with E-state index in [-0.39, 0.29) is 11.9 Å². The van der Waals surface area contributed by atoms with Crippen molar-refractivity contribution in [3.63, 3.8) is 0 Å². The van der Waals surface area contributed by atoms with Crippen molar-refractivity contribution < 1.29 is 4.79 Å². The van der Waals surface area contributed by atoms with E-state index in [4.69, 9.17) is 5.73 Å². The molecule has 2 unspecified atom stereocenters. The molecule has 1 amide bonds. The number of nitrogens with zero attached hydrogens (tertiary/aromatic N) is 2. The number of hydrogen-bond donors (Lipinski definition) is 1. The van der Waals surface area contributed by atoms with E-state index >= 15 is 0 Å². The van der Waals surface area contributed by atoms with Crippen LogP contribution >= 0.6 is 0 Å². The molecule has 1 aliphatic rings. The third kappa shape index (κ3) is 2.63. The Labute approximate surface area is 125 Å². The molecule has 3 rings (SSSR count). The van der Waals surface area contributed by atoms with E-state index in [1.165, 1.54) is 0 Å². The van der Waals surface area contributed by atoms with Gasteiger partial charge in [0.25, 0.3) is 5.91 Å². The zero-order chi connectivity index (χ0) is 14.8. The van der Waals surface area contributed by atoms with Crippen LogP contribution in [0.25, 0.3) is 10.8 Å². The molecule has 110 valence electrons. The number of amides is 1. The molecule has 0 saturated carbocycles. The van der Waals surface area contributed by atoms with Crippen LogP contribution in [0.1, 0.15) is 30.3 Å². The number of pyridine rings is 1. The first-order chi connectivity index (χ1) is 10.2. The number of likely N-dealkylation sites (tertiary alicyclic amines) is 1. The predicted octanol–water partition coefficient (Wildman–Crippen LogP) is 2.43. The van der Waals surface area contributed by atoms with Gasteiger partial charge in [0, 0.05) is 30.7 Å². The SMILES string of the molecule is CC1CCN(C(=O)c2nccc3ccccc23)C(CN)C1. The maximum Gasteiger partial charge on any atom is 0.273 e. The van der Waals surface area contributed by atoms with E-state index in [2.05, 4.69) is 11.9 Å². The van der Waals surface area contributed by atoms with Gasteiger partial charge in [-0.1, -0.05) is 31.2 Å². The second kappa shape index (κ2) is 5.82. The van der Waals surface area contributed by atoms with Gasteiger partial charge < -0.3 is 10.6 Å². The standard InChI is InChI=1S/C17H21N3O/c1-12-7-9-20(14(10-12)11-18)17(21)16-15-5-3-2-4-13(15)6-8-19-16/h2-6,8,12,14H,7,9-11,18H2,1H3. The predicted molar refractivity (Wildman–Crippen MR) is 84.0 cm³/mol. The Morgan fingerprint density at radius 3 is 3.00 bits per heavy atom. The summed E-state index contributed by atoms with van der Waals surface area (Å²) in [7, 11) is 0. The number of nitrogens with two attached hydrogens (primary N) is 1. The number of aromatic nitrogens is 1. The van der Waals surface area contributed by atoms with E-state index in [0.29, 0.717) is 18.2 Å². The zero-order valence-electron chi connectivity index (χ0n) is 12.3. The van der Waals surface area contributed by atoms with Gasteiger partial charge in [-0.25, -0.2) is 0 Å². The fraction of sp³-hybridized carbons (Fsp3) is 0.412. The van der Waals surface area contributed by atoms with Gasteiger partial charge in [-0.05, 0) is 30.2 Å². The number of carbonyl (C=O) groups excluding carboxylic acids is 1. The van der Waals surface area contributed by atoms with Gasteiger partial charge in [-0.15, -0.1) is 0 Å².